The summed E-state index contributed by atoms with van der Waals surface area (Å²) in [6.07, 6.45) is 0.560. The third kappa shape index (κ3) is 10.1. The maximum absolute atomic E-state index is 12.9. The van der Waals surface area contributed by atoms with Gasteiger partial charge in [0.1, 0.15) is 17.0 Å². The molecule has 11 nitrogen and oxygen atoms in total. The molecule has 0 bridgehead atoms. The van der Waals surface area contributed by atoms with E-state index in [-0.39, 0.29) is 40.3 Å². The number of rotatable bonds is 13. The number of halogens is 2. The summed E-state index contributed by atoms with van der Waals surface area (Å²) in [7, 11) is -2.04. The minimum Gasteiger partial charge on any atom is -0.467 e. The number of ether oxygens (including phenoxy) is 2. The van der Waals surface area contributed by atoms with Crippen molar-refractivity contribution in [2.24, 2.45) is 11.8 Å². The topological polar surface area (TPSA) is 157 Å². The van der Waals surface area contributed by atoms with Gasteiger partial charge in [0.05, 0.1) is 36.4 Å². The summed E-state index contributed by atoms with van der Waals surface area (Å²) >= 11 is 12.2. The number of sulfonamides is 1. The van der Waals surface area contributed by atoms with Crippen LogP contribution in [0.15, 0.2) is 17.0 Å². The Morgan fingerprint density at radius 3 is 1.78 bits per heavy atom. The van der Waals surface area contributed by atoms with E-state index < -0.39 is 57.3 Å². The average molecular weight is 583 g/mol. The molecule has 0 aromatic heterocycles. The van der Waals surface area contributed by atoms with Crippen LogP contribution in [0.5, 0.6) is 0 Å². The minimum absolute atomic E-state index is 0.0377. The summed E-state index contributed by atoms with van der Waals surface area (Å²) in [5.74, 6) is -2.84. The first-order chi connectivity index (χ1) is 17.1. The van der Waals surface area contributed by atoms with Gasteiger partial charge < -0.3 is 20.1 Å². The van der Waals surface area contributed by atoms with Crippen LogP contribution in [-0.4, -0.2) is 65.0 Å². The molecule has 0 radical (unpaired) electrons. The molecule has 0 aliphatic carbocycles. The molecular formula is C23H33Cl2N3O8S. The number of benzene rings is 1. The van der Waals surface area contributed by atoms with Crippen LogP contribution >= 0.6 is 23.2 Å². The van der Waals surface area contributed by atoms with Crippen molar-refractivity contribution in [3.63, 3.8) is 0 Å². The van der Waals surface area contributed by atoms with E-state index in [9.17, 15) is 27.6 Å². The van der Waals surface area contributed by atoms with E-state index >= 15 is 0 Å². The lowest BCUT2D eigenvalue weighted by Crippen LogP contribution is -2.46. The van der Waals surface area contributed by atoms with E-state index in [1.54, 1.807) is 0 Å². The number of hydrogen-bond donors (Lipinski definition) is 3. The lowest BCUT2D eigenvalue weighted by molar-refractivity contribution is -0.145. The van der Waals surface area contributed by atoms with Crippen LogP contribution in [0.25, 0.3) is 0 Å². The van der Waals surface area contributed by atoms with E-state index in [1.165, 1.54) is 14.2 Å². The van der Waals surface area contributed by atoms with Crippen molar-refractivity contribution in [3.8, 4) is 0 Å². The molecular weight excluding hydrogens is 549 g/mol. The summed E-state index contributed by atoms with van der Waals surface area (Å²) in [6, 6.07) is 0.0720. The van der Waals surface area contributed by atoms with Crippen molar-refractivity contribution in [1.82, 2.24) is 15.4 Å². The Morgan fingerprint density at radius 2 is 1.32 bits per heavy atom. The molecule has 0 heterocycles. The largest absolute Gasteiger partial charge is 0.467 e. The highest BCUT2D eigenvalue weighted by atomic mass is 35.5. The van der Waals surface area contributed by atoms with E-state index in [2.05, 4.69) is 20.1 Å². The fourth-order valence-corrected chi connectivity index (χ4v) is 5.12. The van der Waals surface area contributed by atoms with E-state index in [4.69, 9.17) is 27.9 Å². The number of hydrogen-bond acceptors (Lipinski definition) is 8. The summed E-state index contributed by atoms with van der Waals surface area (Å²) in [4.78, 5) is 48.7. The van der Waals surface area contributed by atoms with Crippen LogP contribution in [0.1, 0.15) is 50.9 Å². The predicted octanol–water partition coefficient (Wildman–Crippen LogP) is 2.29. The van der Waals surface area contributed by atoms with Gasteiger partial charge in [0, 0.05) is 0 Å². The van der Waals surface area contributed by atoms with Gasteiger partial charge in [0.25, 0.3) is 5.91 Å². The summed E-state index contributed by atoms with van der Waals surface area (Å²) in [6.45, 7) is 6.67. The molecule has 0 spiro atoms. The number of amides is 2. The Kier molecular flexibility index (Phi) is 12.8. The Balaban J connectivity index is 3.11. The summed E-state index contributed by atoms with van der Waals surface area (Å²) in [5.41, 5.74) is -0.253. The first-order valence-electron chi connectivity index (χ1n) is 11.4. The van der Waals surface area contributed by atoms with Crippen LogP contribution in [-0.2, 0) is 33.9 Å². The van der Waals surface area contributed by atoms with E-state index in [0.29, 0.717) is 0 Å². The highest BCUT2D eigenvalue weighted by Gasteiger charge is 2.28. The molecule has 1 aromatic carbocycles. The molecule has 37 heavy (non-hydrogen) atoms. The second kappa shape index (κ2) is 14.5. The molecule has 0 fully saturated rings. The molecule has 14 heteroatoms. The zero-order valence-electron chi connectivity index (χ0n) is 21.5. The minimum atomic E-state index is -4.40. The first kappa shape index (κ1) is 32.6. The quantitative estimate of drug-likeness (QED) is 0.299. The molecule has 0 aliphatic heterocycles. The maximum atomic E-state index is 12.9. The molecule has 208 valence electrons. The zero-order valence-corrected chi connectivity index (χ0v) is 23.8. The normalized spacial score (nSPS) is 13.1. The maximum Gasteiger partial charge on any atom is 0.328 e. The van der Waals surface area contributed by atoms with Gasteiger partial charge in [0.15, 0.2) is 0 Å². The second-order valence-electron chi connectivity index (χ2n) is 9.04. The van der Waals surface area contributed by atoms with Gasteiger partial charge >= 0.3 is 11.9 Å². The Morgan fingerprint density at radius 1 is 0.838 bits per heavy atom. The molecule has 2 atom stereocenters. The number of carbonyl (C=O) groups excluding carboxylic acids is 4. The van der Waals surface area contributed by atoms with Gasteiger partial charge in [-0.25, -0.2) is 22.7 Å². The van der Waals surface area contributed by atoms with Gasteiger partial charge in [0.2, 0.25) is 15.9 Å². The van der Waals surface area contributed by atoms with Crippen LogP contribution in [0, 0.1) is 11.8 Å². The Bertz CT molecular complexity index is 1110. The second-order valence-corrected chi connectivity index (χ2v) is 11.6. The Labute approximate surface area is 227 Å². The van der Waals surface area contributed by atoms with E-state index in [1.807, 2.05) is 27.7 Å². The van der Waals surface area contributed by atoms with Crippen LogP contribution in [0.3, 0.4) is 0 Å². The van der Waals surface area contributed by atoms with Crippen molar-refractivity contribution < 1.29 is 37.1 Å². The first-order valence-corrected chi connectivity index (χ1v) is 13.6. The van der Waals surface area contributed by atoms with Crippen LogP contribution in [0.4, 0.5) is 0 Å². The van der Waals surface area contributed by atoms with Gasteiger partial charge in [-0.3, -0.25) is 9.59 Å². The van der Waals surface area contributed by atoms with Crippen molar-refractivity contribution in [1.29, 1.82) is 0 Å². The lowest BCUT2D eigenvalue weighted by atomic mass is 10.0. The molecule has 3 N–H and O–H groups in total. The molecule has 2 amide bonds. The van der Waals surface area contributed by atoms with Crippen molar-refractivity contribution in [2.75, 3.05) is 20.8 Å². The third-order valence-electron chi connectivity index (χ3n) is 5.00. The third-order valence-corrected chi connectivity index (χ3v) is 7.18. The zero-order chi connectivity index (χ0) is 28.5. The molecule has 0 saturated carbocycles. The summed E-state index contributed by atoms with van der Waals surface area (Å²) in [5, 5.41) is 4.47. The number of methoxy groups -OCH3 is 2. The Hall–Kier alpha value is -2.41. The number of carbonyl (C=O) groups is 4. The van der Waals surface area contributed by atoms with E-state index in [0.717, 1.165) is 12.1 Å². The van der Waals surface area contributed by atoms with Gasteiger partial charge in [-0.05, 0) is 36.8 Å². The smallest absolute Gasteiger partial charge is 0.328 e. The lowest BCUT2D eigenvalue weighted by Gasteiger charge is -2.19. The highest BCUT2D eigenvalue weighted by Crippen LogP contribution is 2.29. The van der Waals surface area contributed by atoms with Crippen LogP contribution in [0.2, 0.25) is 10.0 Å². The van der Waals surface area contributed by atoms with Crippen molar-refractivity contribution >= 4 is 57.0 Å². The molecule has 1 rings (SSSR count). The van der Waals surface area contributed by atoms with Crippen molar-refractivity contribution in [2.45, 2.75) is 57.5 Å². The van der Waals surface area contributed by atoms with Gasteiger partial charge in [-0.2, -0.15) is 0 Å². The number of esters is 2. The molecule has 0 unspecified atom stereocenters. The molecule has 0 aliphatic rings. The van der Waals surface area contributed by atoms with Crippen LogP contribution < -0.4 is 15.4 Å². The highest BCUT2D eigenvalue weighted by molar-refractivity contribution is 7.89. The monoisotopic (exact) mass is 581 g/mol. The fourth-order valence-electron chi connectivity index (χ4n) is 3.28. The summed E-state index contributed by atoms with van der Waals surface area (Å²) < 4.78 is 37.3. The van der Waals surface area contributed by atoms with Gasteiger partial charge in [-0.15, -0.1) is 0 Å². The fraction of sp³-hybridized carbons (Fsp3) is 0.565. The van der Waals surface area contributed by atoms with Crippen molar-refractivity contribution in [3.05, 3.63) is 27.7 Å². The average Bonchev–Trinajstić information content (AvgIpc) is 2.80. The molecule has 1 aromatic rings. The standard InChI is InChI=1S/C23H33Cl2N3O8S/c1-12(2)7-17(22(31)35-5)27-20(29)11-26-37(33,34)19-9-14(15(24)10-16(19)25)21(30)28-18(8-13(3)4)23(32)36-6/h9-10,12-13,17-18,26H,7-8,11H2,1-6H3,(H,27,29)(H,28,30)/t17-,18-/m0/s1. The van der Waals surface area contributed by atoms with Gasteiger partial charge in [-0.1, -0.05) is 50.9 Å². The SMILES string of the molecule is COC(=O)[C@H](CC(C)C)NC(=O)CNS(=O)(=O)c1cc(C(=O)N[C@@H](CC(C)C)C(=O)OC)c(Cl)cc1Cl. The molecule has 0 saturated heterocycles. The number of nitrogens with one attached hydrogen (secondary N) is 3. The predicted molar refractivity (Wildman–Crippen MR) is 138 cm³/mol.